The van der Waals surface area contributed by atoms with Crippen molar-refractivity contribution in [1.29, 1.82) is 0 Å². The highest BCUT2D eigenvalue weighted by Gasteiger charge is 2.43. The average molecular weight is 212 g/mol. The molecule has 0 aliphatic heterocycles. The molecule has 0 aromatic rings. The van der Waals surface area contributed by atoms with Crippen molar-refractivity contribution < 1.29 is 19.7 Å². The Morgan fingerprint density at radius 1 is 1.80 bits per heavy atom. The molecule has 0 heterocycles. The molecule has 0 spiro atoms. The molecule has 1 rings (SSSR count). The zero-order chi connectivity index (χ0) is 11.5. The highest BCUT2D eigenvalue weighted by atomic mass is 17.1. The zero-order valence-electron chi connectivity index (χ0n) is 9.03. The molecule has 1 aliphatic carbocycles. The molecule has 15 heavy (non-hydrogen) atoms. The first-order valence-corrected chi connectivity index (χ1v) is 4.88. The van der Waals surface area contributed by atoms with Crippen molar-refractivity contribution in [3.8, 4) is 0 Å². The molecule has 1 aliphatic rings. The fourth-order valence-electron chi connectivity index (χ4n) is 1.91. The SMILES string of the molecule is C=C1[C@@H](OO)CC=C[C@@]1(CC)C(=O)OC. The van der Waals surface area contributed by atoms with Gasteiger partial charge in [-0.1, -0.05) is 25.7 Å². The molecule has 0 radical (unpaired) electrons. The largest absolute Gasteiger partial charge is 0.468 e. The second kappa shape index (κ2) is 4.59. The van der Waals surface area contributed by atoms with Gasteiger partial charge < -0.3 is 4.74 Å². The number of hydrogen-bond donors (Lipinski definition) is 1. The Bertz CT molecular complexity index is 295. The van der Waals surface area contributed by atoms with Gasteiger partial charge in [-0.15, -0.1) is 0 Å². The van der Waals surface area contributed by atoms with E-state index in [-0.39, 0.29) is 5.97 Å². The molecule has 2 atom stereocenters. The molecule has 0 saturated carbocycles. The Labute approximate surface area is 89.1 Å². The Kier molecular flexibility index (Phi) is 3.66. The Hall–Kier alpha value is -1.13. The van der Waals surface area contributed by atoms with Crippen LogP contribution in [-0.2, 0) is 14.4 Å². The topological polar surface area (TPSA) is 55.8 Å². The second-order valence-corrected chi connectivity index (χ2v) is 3.57. The van der Waals surface area contributed by atoms with E-state index >= 15 is 0 Å². The van der Waals surface area contributed by atoms with Crippen molar-refractivity contribution in [1.82, 2.24) is 0 Å². The molecule has 0 unspecified atom stereocenters. The summed E-state index contributed by atoms with van der Waals surface area (Å²) in [5, 5.41) is 8.70. The lowest BCUT2D eigenvalue weighted by molar-refractivity contribution is -0.270. The van der Waals surface area contributed by atoms with Gasteiger partial charge in [0, 0.05) is 0 Å². The van der Waals surface area contributed by atoms with E-state index in [1.807, 2.05) is 6.92 Å². The van der Waals surface area contributed by atoms with Crippen molar-refractivity contribution in [3.63, 3.8) is 0 Å². The lowest BCUT2D eigenvalue weighted by Crippen LogP contribution is -2.39. The van der Waals surface area contributed by atoms with Gasteiger partial charge in [-0.2, -0.15) is 0 Å². The normalized spacial score (nSPS) is 30.3. The first-order chi connectivity index (χ1) is 7.12. The molecular weight excluding hydrogens is 196 g/mol. The number of ether oxygens (including phenoxy) is 1. The maximum atomic E-state index is 11.7. The highest BCUT2D eigenvalue weighted by Crippen LogP contribution is 2.40. The number of hydrogen-bond acceptors (Lipinski definition) is 4. The number of esters is 1. The standard InChI is InChI=1S/C11H16O4/c1-4-11(10(12)14-3)7-5-6-9(15-13)8(11)2/h5,7,9,13H,2,4,6H2,1,3H3/t9-,11+/m0/s1. The van der Waals surface area contributed by atoms with Crippen LogP contribution >= 0.6 is 0 Å². The molecule has 0 saturated heterocycles. The highest BCUT2D eigenvalue weighted by molar-refractivity contribution is 5.83. The predicted octanol–water partition coefficient (Wildman–Crippen LogP) is 1.93. The van der Waals surface area contributed by atoms with Crippen LogP contribution in [0.3, 0.4) is 0 Å². The molecular formula is C11H16O4. The summed E-state index contributed by atoms with van der Waals surface area (Å²) >= 11 is 0. The van der Waals surface area contributed by atoms with Crippen LogP contribution in [0, 0.1) is 5.41 Å². The molecule has 1 N–H and O–H groups in total. The van der Waals surface area contributed by atoms with E-state index in [4.69, 9.17) is 9.99 Å². The fraction of sp³-hybridized carbons (Fsp3) is 0.545. The lowest BCUT2D eigenvalue weighted by Gasteiger charge is -2.34. The van der Waals surface area contributed by atoms with Crippen LogP contribution in [0.5, 0.6) is 0 Å². The third-order valence-electron chi connectivity index (χ3n) is 2.95. The molecule has 4 heteroatoms. The fourth-order valence-corrected chi connectivity index (χ4v) is 1.91. The zero-order valence-corrected chi connectivity index (χ0v) is 9.03. The maximum Gasteiger partial charge on any atom is 0.319 e. The van der Waals surface area contributed by atoms with E-state index < -0.39 is 11.5 Å². The third kappa shape index (κ3) is 1.82. The Morgan fingerprint density at radius 2 is 2.47 bits per heavy atom. The van der Waals surface area contributed by atoms with Gasteiger partial charge in [0.15, 0.2) is 0 Å². The molecule has 0 amide bonds. The summed E-state index contributed by atoms with van der Waals surface area (Å²) in [4.78, 5) is 16.0. The van der Waals surface area contributed by atoms with Crippen LogP contribution in [0.25, 0.3) is 0 Å². The summed E-state index contributed by atoms with van der Waals surface area (Å²) < 4.78 is 4.76. The van der Waals surface area contributed by atoms with Gasteiger partial charge in [-0.05, 0) is 18.4 Å². The van der Waals surface area contributed by atoms with E-state index in [2.05, 4.69) is 11.5 Å². The van der Waals surface area contributed by atoms with Crippen molar-refractivity contribution in [3.05, 3.63) is 24.3 Å². The summed E-state index contributed by atoms with van der Waals surface area (Å²) in [5.41, 5.74) is -0.317. The summed E-state index contributed by atoms with van der Waals surface area (Å²) in [6.07, 6.45) is 4.10. The number of methoxy groups -OCH3 is 1. The van der Waals surface area contributed by atoms with Crippen LogP contribution in [-0.4, -0.2) is 24.4 Å². The summed E-state index contributed by atoms with van der Waals surface area (Å²) in [7, 11) is 1.34. The van der Waals surface area contributed by atoms with E-state index in [1.54, 1.807) is 12.2 Å². The number of rotatable bonds is 3. The van der Waals surface area contributed by atoms with E-state index in [1.165, 1.54) is 7.11 Å². The minimum absolute atomic E-state index is 0.368. The summed E-state index contributed by atoms with van der Waals surface area (Å²) in [6.45, 7) is 5.69. The molecule has 84 valence electrons. The molecule has 4 nitrogen and oxygen atoms in total. The van der Waals surface area contributed by atoms with Crippen LogP contribution in [0.1, 0.15) is 19.8 Å². The lowest BCUT2D eigenvalue weighted by atomic mass is 9.72. The van der Waals surface area contributed by atoms with Crippen LogP contribution < -0.4 is 0 Å². The van der Waals surface area contributed by atoms with Crippen LogP contribution in [0.15, 0.2) is 24.3 Å². The van der Waals surface area contributed by atoms with E-state index in [9.17, 15) is 4.79 Å². The third-order valence-corrected chi connectivity index (χ3v) is 2.95. The quantitative estimate of drug-likeness (QED) is 0.336. The van der Waals surface area contributed by atoms with Gasteiger partial charge in [0.1, 0.15) is 11.5 Å². The number of carbonyl (C=O) groups excluding carboxylic acids is 1. The van der Waals surface area contributed by atoms with Gasteiger partial charge in [0.2, 0.25) is 0 Å². The van der Waals surface area contributed by atoms with Gasteiger partial charge in [-0.3, -0.25) is 10.1 Å². The predicted molar refractivity (Wildman–Crippen MR) is 55.1 cm³/mol. The monoisotopic (exact) mass is 212 g/mol. The van der Waals surface area contributed by atoms with Gasteiger partial charge in [0.25, 0.3) is 0 Å². The minimum Gasteiger partial charge on any atom is -0.468 e. The van der Waals surface area contributed by atoms with Crippen molar-refractivity contribution in [2.45, 2.75) is 25.9 Å². The van der Waals surface area contributed by atoms with Gasteiger partial charge in [0.05, 0.1) is 7.11 Å². The molecule has 0 fully saturated rings. The Morgan fingerprint density at radius 3 is 2.93 bits per heavy atom. The second-order valence-electron chi connectivity index (χ2n) is 3.57. The smallest absolute Gasteiger partial charge is 0.319 e. The van der Waals surface area contributed by atoms with Crippen molar-refractivity contribution in [2.24, 2.45) is 5.41 Å². The Balaban J connectivity index is 3.08. The summed E-state index contributed by atoms with van der Waals surface area (Å²) in [6, 6.07) is 0. The molecule has 0 aromatic carbocycles. The molecule has 0 aromatic heterocycles. The van der Waals surface area contributed by atoms with E-state index in [0.717, 1.165) is 0 Å². The van der Waals surface area contributed by atoms with Crippen molar-refractivity contribution >= 4 is 5.97 Å². The van der Waals surface area contributed by atoms with Gasteiger partial charge in [-0.25, -0.2) is 4.89 Å². The average Bonchev–Trinajstić information content (AvgIpc) is 2.28. The maximum absolute atomic E-state index is 11.7. The van der Waals surface area contributed by atoms with Gasteiger partial charge >= 0.3 is 5.97 Å². The van der Waals surface area contributed by atoms with Crippen LogP contribution in [0.2, 0.25) is 0 Å². The number of carbonyl (C=O) groups is 1. The van der Waals surface area contributed by atoms with E-state index in [0.29, 0.717) is 18.4 Å². The minimum atomic E-state index is -0.861. The van der Waals surface area contributed by atoms with Crippen LogP contribution in [0.4, 0.5) is 0 Å². The molecule has 0 bridgehead atoms. The van der Waals surface area contributed by atoms with Crippen molar-refractivity contribution in [2.75, 3.05) is 7.11 Å². The first-order valence-electron chi connectivity index (χ1n) is 4.88. The first kappa shape index (κ1) is 11.9. The summed E-state index contributed by atoms with van der Waals surface area (Å²) in [5.74, 6) is -0.368.